The lowest BCUT2D eigenvalue weighted by Crippen LogP contribution is -2.22. The Bertz CT molecular complexity index is 136. The maximum absolute atomic E-state index is 10.4. The van der Waals surface area contributed by atoms with Gasteiger partial charge in [0.1, 0.15) is 5.78 Å². The molecule has 2 N–H and O–H groups in total. The van der Waals surface area contributed by atoms with Gasteiger partial charge in [0, 0.05) is 12.3 Å². The lowest BCUT2D eigenvalue weighted by atomic mass is 10.1. The van der Waals surface area contributed by atoms with Gasteiger partial charge in [0.2, 0.25) is 5.91 Å². The molecule has 4 heteroatoms. The Morgan fingerprint density at radius 2 is 1.90 bits per heavy atom. The number of rotatable bonds is 3. The zero-order valence-corrected chi connectivity index (χ0v) is 6.90. The van der Waals surface area contributed by atoms with Gasteiger partial charge in [-0.3, -0.25) is 4.79 Å². The number of primary amides is 1. The number of ketones is 1. The molecule has 0 saturated carbocycles. The van der Waals surface area contributed by atoms with Crippen molar-refractivity contribution >= 4 is 24.1 Å². The molecule has 0 aromatic carbocycles. The van der Waals surface area contributed by atoms with Gasteiger partial charge >= 0.3 is 0 Å². The highest BCUT2D eigenvalue weighted by Gasteiger charge is 2.09. The molecule has 0 radical (unpaired) electrons. The summed E-state index contributed by atoms with van der Waals surface area (Å²) in [5.41, 5.74) is 4.89. The van der Waals surface area contributed by atoms with Crippen LogP contribution in [0.1, 0.15) is 20.3 Å². The smallest absolute Gasteiger partial charge is 0.220 e. The zero-order valence-electron chi connectivity index (χ0n) is 6.09. The summed E-state index contributed by atoms with van der Waals surface area (Å²) in [4.78, 5) is 20.7. The van der Waals surface area contributed by atoms with Crippen molar-refractivity contribution in [3.63, 3.8) is 0 Å². The molecule has 3 nitrogen and oxygen atoms in total. The Balaban J connectivity index is 0. The van der Waals surface area contributed by atoms with E-state index in [0.717, 1.165) is 0 Å². The topological polar surface area (TPSA) is 60.2 Å². The number of Topliss-reactive ketones (excluding diaryl/α,β-unsaturated/α-hetero) is 1. The molecule has 0 aliphatic rings. The van der Waals surface area contributed by atoms with Crippen molar-refractivity contribution in [1.29, 1.82) is 0 Å². The molecule has 0 fully saturated rings. The molecule has 0 aliphatic carbocycles. The predicted molar refractivity (Wildman–Crippen MR) is 40.9 cm³/mol. The number of amides is 1. The van der Waals surface area contributed by atoms with E-state index in [2.05, 4.69) is 0 Å². The van der Waals surface area contributed by atoms with E-state index in [9.17, 15) is 9.59 Å². The summed E-state index contributed by atoms with van der Waals surface area (Å²) in [5.74, 6) is -0.728. The van der Waals surface area contributed by atoms with Crippen LogP contribution < -0.4 is 5.73 Å². The SMILES string of the molecule is CC(=O)CC(C)C(N)=O.Cl. The van der Waals surface area contributed by atoms with Crippen LogP contribution in [0.2, 0.25) is 0 Å². The van der Waals surface area contributed by atoms with Crippen LogP contribution in [0.3, 0.4) is 0 Å². The summed E-state index contributed by atoms with van der Waals surface area (Å²) in [6, 6.07) is 0. The zero-order chi connectivity index (χ0) is 7.44. The molecule has 10 heavy (non-hydrogen) atoms. The van der Waals surface area contributed by atoms with Crippen LogP contribution in [0, 0.1) is 5.92 Å². The third-order valence-corrected chi connectivity index (χ3v) is 1.08. The molecule has 0 aliphatic heterocycles. The molecule has 0 saturated heterocycles. The van der Waals surface area contributed by atoms with E-state index in [0.29, 0.717) is 0 Å². The first-order chi connectivity index (χ1) is 4.04. The fourth-order valence-corrected chi connectivity index (χ4v) is 0.532. The van der Waals surface area contributed by atoms with Gasteiger partial charge in [0.15, 0.2) is 0 Å². The first-order valence-electron chi connectivity index (χ1n) is 2.82. The van der Waals surface area contributed by atoms with Gasteiger partial charge in [-0.1, -0.05) is 6.92 Å². The van der Waals surface area contributed by atoms with Crippen molar-refractivity contribution in [2.75, 3.05) is 0 Å². The average Bonchev–Trinajstić information content (AvgIpc) is 1.63. The fourth-order valence-electron chi connectivity index (χ4n) is 0.532. The van der Waals surface area contributed by atoms with E-state index in [-0.39, 0.29) is 30.5 Å². The molecule has 0 bridgehead atoms. The van der Waals surface area contributed by atoms with Crippen molar-refractivity contribution in [2.45, 2.75) is 20.3 Å². The minimum absolute atomic E-state index is 0. The van der Waals surface area contributed by atoms with Gasteiger partial charge in [-0.15, -0.1) is 12.4 Å². The second-order valence-electron chi connectivity index (χ2n) is 2.21. The third kappa shape index (κ3) is 5.56. The van der Waals surface area contributed by atoms with E-state index in [1.165, 1.54) is 6.92 Å². The molecule has 0 rings (SSSR count). The third-order valence-electron chi connectivity index (χ3n) is 1.08. The maximum atomic E-state index is 10.4. The minimum atomic E-state index is -0.412. The van der Waals surface area contributed by atoms with Crippen molar-refractivity contribution in [1.82, 2.24) is 0 Å². The van der Waals surface area contributed by atoms with E-state index < -0.39 is 5.91 Å². The summed E-state index contributed by atoms with van der Waals surface area (Å²) in [6.07, 6.45) is 0.259. The van der Waals surface area contributed by atoms with Crippen LogP contribution in [-0.4, -0.2) is 11.7 Å². The van der Waals surface area contributed by atoms with Gasteiger partial charge in [-0.25, -0.2) is 0 Å². The Kier molecular flexibility index (Phi) is 6.35. The Morgan fingerprint density at radius 3 is 2.00 bits per heavy atom. The number of hydrogen-bond donors (Lipinski definition) is 1. The second-order valence-corrected chi connectivity index (χ2v) is 2.21. The van der Waals surface area contributed by atoms with Gasteiger partial charge in [0.05, 0.1) is 0 Å². The van der Waals surface area contributed by atoms with Crippen LogP contribution in [-0.2, 0) is 9.59 Å². The summed E-state index contributed by atoms with van der Waals surface area (Å²) in [6.45, 7) is 3.09. The number of hydrogen-bond acceptors (Lipinski definition) is 2. The summed E-state index contributed by atoms with van der Waals surface area (Å²) in [7, 11) is 0. The average molecular weight is 166 g/mol. The Hall–Kier alpha value is -0.570. The van der Waals surface area contributed by atoms with Crippen molar-refractivity contribution in [2.24, 2.45) is 11.7 Å². The van der Waals surface area contributed by atoms with E-state index in [1.54, 1.807) is 6.92 Å². The van der Waals surface area contributed by atoms with E-state index in [4.69, 9.17) is 5.73 Å². The maximum Gasteiger partial charge on any atom is 0.220 e. The van der Waals surface area contributed by atoms with Gasteiger partial charge in [0.25, 0.3) is 0 Å². The van der Waals surface area contributed by atoms with Gasteiger partial charge in [-0.05, 0) is 6.92 Å². The Labute approximate surface area is 66.4 Å². The highest BCUT2D eigenvalue weighted by atomic mass is 35.5. The molecular weight excluding hydrogens is 154 g/mol. The van der Waals surface area contributed by atoms with Crippen molar-refractivity contribution < 1.29 is 9.59 Å². The minimum Gasteiger partial charge on any atom is -0.369 e. The first-order valence-corrected chi connectivity index (χ1v) is 2.82. The van der Waals surface area contributed by atoms with Crippen molar-refractivity contribution in [3.05, 3.63) is 0 Å². The lowest BCUT2D eigenvalue weighted by Gasteiger charge is -2.01. The number of nitrogens with two attached hydrogens (primary N) is 1. The molecule has 1 amide bonds. The number of carbonyl (C=O) groups excluding carboxylic acids is 2. The quantitative estimate of drug-likeness (QED) is 0.663. The van der Waals surface area contributed by atoms with Crippen LogP contribution in [0.5, 0.6) is 0 Å². The molecule has 0 heterocycles. The molecule has 1 atom stereocenters. The summed E-state index contributed by atoms with van der Waals surface area (Å²) in [5, 5.41) is 0. The highest BCUT2D eigenvalue weighted by molar-refractivity contribution is 5.85. The normalized spacial score (nSPS) is 11.4. The predicted octanol–water partition coefficient (Wildman–Crippen LogP) is 0.509. The summed E-state index contributed by atoms with van der Waals surface area (Å²) < 4.78 is 0. The van der Waals surface area contributed by atoms with Crippen LogP contribution in [0.25, 0.3) is 0 Å². The number of halogens is 1. The van der Waals surface area contributed by atoms with Crippen LogP contribution in [0.4, 0.5) is 0 Å². The standard InChI is InChI=1S/C6H11NO2.ClH/c1-4(6(7)9)3-5(2)8;/h4H,3H2,1-2H3,(H2,7,9);1H. The molecule has 0 spiro atoms. The number of carbonyl (C=O) groups is 2. The molecule has 60 valence electrons. The second kappa shape index (κ2) is 5.23. The van der Waals surface area contributed by atoms with Gasteiger partial charge < -0.3 is 10.5 Å². The Morgan fingerprint density at radius 1 is 1.50 bits per heavy atom. The van der Waals surface area contributed by atoms with Crippen LogP contribution in [0.15, 0.2) is 0 Å². The monoisotopic (exact) mass is 165 g/mol. The van der Waals surface area contributed by atoms with E-state index in [1.807, 2.05) is 0 Å². The highest BCUT2D eigenvalue weighted by Crippen LogP contribution is 1.99. The first kappa shape index (κ1) is 12.1. The van der Waals surface area contributed by atoms with Crippen molar-refractivity contribution in [3.8, 4) is 0 Å². The van der Waals surface area contributed by atoms with Gasteiger partial charge in [-0.2, -0.15) is 0 Å². The fraction of sp³-hybridized carbons (Fsp3) is 0.667. The summed E-state index contributed by atoms with van der Waals surface area (Å²) >= 11 is 0. The largest absolute Gasteiger partial charge is 0.369 e. The molecule has 0 aromatic rings. The lowest BCUT2D eigenvalue weighted by molar-refractivity contribution is -0.126. The molecule has 0 aromatic heterocycles. The molecular formula is C6H12ClNO2. The molecule has 1 unspecified atom stereocenters. The van der Waals surface area contributed by atoms with E-state index >= 15 is 0 Å². The van der Waals surface area contributed by atoms with Crippen LogP contribution >= 0.6 is 12.4 Å².